The molecule has 0 radical (unpaired) electrons. The first kappa shape index (κ1) is 17.5. The van der Waals surface area contributed by atoms with Crippen molar-refractivity contribution in [2.45, 2.75) is 18.3 Å². The standard InChI is InChI=1S/C21H23NO5/c1-24-16-5-3-14(11-18(16)25-2)20(23)22-13-21(7-8-21)15-4-6-17-19(12-15)27-10-9-26-17/h3-6,11-12H,7-10,13H2,1-2H3,(H,22,23). The summed E-state index contributed by atoms with van der Waals surface area (Å²) in [5, 5.41) is 3.06. The van der Waals surface area contributed by atoms with Gasteiger partial charge < -0.3 is 24.3 Å². The van der Waals surface area contributed by atoms with E-state index in [4.69, 9.17) is 18.9 Å². The van der Waals surface area contributed by atoms with E-state index in [0.717, 1.165) is 24.3 Å². The van der Waals surface area contributed by atoms with Gasteiger partial charge in [-0.3, -0.25) is 4.79 Å². The summed E-state index contributed by atoms with van der Waals surface area (Å²) in [4.78, 5) is 12.6. The highest BCUT2D eigenvalue weighted by atomic mass is 16.6. The lowest BCUT2D eigenvalue weighted by atomic mass is 9.95. The molecule has 0 atom stereocenters. The Morgan fingerprint density at radius 3 is 2.44 bits per heavy atom. The highest BCUT2D eigenvalue weighted by Crippen LogP contribution is 2.49. The van der Waals surface area contributed by atoms with E-state index < -0.39 is 0 Å². The van der Waals surface area contributed by atoms with E-state index in [-0.39, 0.29) is 11.3 Å². The molecule has 6 nitrogen and oxygen atoms in total. The summed E-state index contributed by atoms with van der Waals surface area (Å²) < 4.78 is 21.8. The van der Waals surface area contributed by atoms with E-state index >= 15 is 0 Å². The third kappa shape index (κ3) is 3.39. The van der Waals surface area contributed by atoms with Gasteiger partial charge in [0.25, 0.3) is 5.91 Å². The van der Waals surface area contributed by atoms with Crippen LogP contribution in [0.4, 0.5) is 0 Å². The second kappa shape index (κ2) is 7.02. The highest BCUT2D eigenvalue weighted by molar-refractivity contribution is 5.95. The van der Waals surface area contributed by atoms with Gasteiger partial charge in [-0.2, -0.15) is 0 Å². The van der Waals surface area contributed by atoms with Crippen molar-refractivity contribution in [1.82, 2.24) is 5.32 Å². The van der Waals surface area contributed by atoms with E-state index in [1.54, 1.807) is 32.4 Å². The van der Waals surface area contributed by atoms with Crippen molar-refractivity contribution in [3.63, 3.8) is 0 Å². The van der Waals surface area contributed by atoms with Gasteiger partial charge in [-0.15, -0.1) is 0 Å². The largest absolute Gasteiger partial charge is 0.493 e. The summed E-state index contributed by atoms with van der Waals surface area (Å²) >= 11 is 0. The van der Waals surface area contributed by atoms with E-state index in [2.05, 4.69) is 11.4 Å². The van der Waals surface area contributed by atoms with Crippen LogP contribution in [0.15, 0.2) is 36.4 Å². The van der Waals surface area contributed by atoms with Crippen molar-refractivity contribution in [1.29, 1.82) is 0 Å². The van der Waals surface area contributed by atoms with Crippen LogP contribution in [0, 0.1) is 0 Å². The first-order chi connectivity index (χ1) is 13.1. The molecule has 1 fully saturated rings. The van der Waals surface area contributed by atoms with E-state index in [1.807, 2.05) is 12.1 Å². The number of methoxy groups -OCH3 is 2. The quantitative estimate of drug-likeness (QED) is 0.848. The van der Waals surface area contributed by atoms with E-state index in [9.17, 15) is 4.79 Å². The zero-order valence-electron chi connectivity index (χ0n) is 15.5. The Morgan fingerprint density at radius 2 is 1.74 bits per heavy atom. The molecule has 2 aromatic carbocycles. The lowest BCUT2D eigenvalue weighted by Gasteiger charge is -2.22. The maximum Gasteiger partial charge on any atom is 0.251 e. The lowest BCUT2D eigenvalue weighted by Crippen LogP contribution is -2.32. The maximum absolute atomic E-state index is 12.6. The monoisotopic (exact) mass is 369 g/mol. The molecule has 27 heavy (non-hydrogen) atoms. The van der Waals surface area contributed by atoms with Gasteiger partial charge >= 0.3 is 0 Å². The lowest BCUT2D eigenvalue weighted by molar-refractivity contribution is 0.0949. The molecule has 0 bridgehead atoms. The van der Waals surface area contributed by atoms with Gasteiger partial charge in [-0.1, -0.05) is 6.07 Å². The topological polar surface area (TPSA) is 66.0 Å². The van der Waals surface area contributed by atoms with Crippen LogP contribution in [-0.2, 0) is 5.41 Å². The zero-order valence-corrected chi connectivity index (χ0v) is 15.5. The summed E-state index contributed by atoms with van der Waals surface area (Å²) in [6.45, 7) is 1.73. The summed E-state index contributed by atoms with van der Waals surface area (Å²) in [6.07, 6.45) is 2.08. The number of fused-ring (bicyclic) bond motifs is 1. The second-order valence-corrected chi connectivity index (χ2v) is 6.89. The summed E-state index contributed by atoms with van der Waals surface area (Å²) in [7, 11) is 3.13. The average molecular weight is 369 g/mol. The molecule has 0 saturated heterocycles. The molecule has 1 aliphatic carbocycles. The van der Waals surface area contributed by atoms with Gasteiger partial charge in [0.05, 0.1) is 14.2 Å². The first-order valence-electron chi connectivity index (χ1n) is 9.05. The van der Waals surface area contributed by atoms with Crippen LogP contribution < -0.4 is 24.3 Å². The molecular formula is C21H23NO5. The fraction of sp³-hybridized carbons (Fsp3) is 0.381. The number of rotatable bonds is 6. The van der Waals surface area contributed by atoms with Crippen molar-refractivity contribution < 1.29 is 23.7 Å². The van der Waals surface area contributed by atoms with Crippen molar-refractivity contribution in [2.75, 3.05) is 34.0 Å². The predicted molar refractivity (Wildman–Crippen MR) is 100 cm³/mol. The number of amides is 1. The summed E-state index contributed by atoms with van der Waals surface area (Å²) in [6, 6.07) is 11.2. The van der Waals surface area contributed by atoms with Gasteiger partial charge in [-0.05, 0) is 48.7 Å². The van der Waals surface area contributed by atoms with Crippen LogP contribution >= 0.6 is 0 Å². The number of nitrogens with one attached hydrogen (secondary N) is 1. The minimum atomic E-state index is -0.125. The molecule has 0 aromatic heterocycles. The highest BCUT2D eigenvalue weighted by Gasteiger charge is 2.45. The number of benzene rings is 2. The van der Waals surface area contributed by atoms with Crippen molar-refractivity contribution in [3.05, 3.63) is 47.5 Å². The number of hydrogen-bond acceptors (Lipinski definition) is 5. The molecule has 0 unspecified atom stereocenters. The minimum Gasteiger partial charge on any atom is -0.493 e. The molecule has 6 heteroatoms. The fourth-order valence-electron chi connectivity index (χ4n) is 3.42. The Bertz CT molecular complexity index is 860. The fourth-order valence-corrected chi connectivity index (χ4v) is 3.42. The predicted octanol–water partition coefficient (Wildman–Crippen LogP) is 2.94. The average Bonchev–Trinajstić information content (AvgIpc) is 3.52. The third-order valence-electron chi connectivity index (χ3n) is 5.24. The summed E-state index contributed by atoms with van der Waals surface area (Å²) in [5.41, 5.74) is 1.70. The molecule has 1 heterocycles. The third-order valence-corrected chi connectivity index (χ3v) is 5.24. The van der Waals surface area contributed by atoms with Crippen LogP contribution in [0.3, 0.4) is 0 Å². The Kier molecular flexibility index (Phi) is 4.56. The van der Waals surface area contributed by atoms with Crippen molar-refractivity contribution in [2.24, 2.45) is 0 Å². The maximum atomic E-state index is 12.6. The van der Waals surface area contributed by atoms with Crippen LogP contribution in [0.5, 0.6) is 23.0 Å². The van der Waals surface area contributed by atoms with E-state index in [0.29, 0.717) is 36.8 Å². The van der Waals surface area contributed by atoms with Gasteiger partial charge in [-0.25, -0.2) is 0 Å². The number of ether oxygens (including phenoxy) is 4. The number of carbonyl (C=O) groups is 1. The van der Waals surface area contributed by atoms with Crippen LogP contribution in [0.25, 0.3) is 0 Å². The Morgan fingerprint density at radius 1 is 1.00 bits per heavy atom. The van der Waals surface area contributed by atoms with Crippen LogP contribution in [-0.4, -0.2) is 39.9 Å². The summed E-state index contributed by atoms with van der Waals surface area (Å²) in [5.74, 6) is 2.59. The van der Waals surface area contributed by atoms with E-state index in [1.165, 1.54) is 5.56 Å². The first-order valence-corrected chi connectivity index (χ1v) is 9.05. The van der Waals surface area contributed by atoms with Gasteiger partial charge in [0, 0.05) is 17.5 Å². The molecule has 0 spiro atoms. The zero-order chi connectivity index (χ0) is 18.9. The van der Waals surface area contributed by atoms with Gasteiger partial charge in [0.2, 0.25) is 0 Å². The van der Waals surface area contributed by atoms with Crippen LogP contribution in [0.1, 0.15) is 28.8 Å². The number of hydrogen-bond donors (Lipinski definition) is 1. The van der Waals surface area contributed by atoms with Crippen molar-refractivity contribution >= 4 is 5.91 Å². The SMILES string of the molecule is COc1ccc(C(=O)NCC2(c3ccc4c(c3)OCCO4)CC2)cc1OC. The number of carbonyl (C=O) groups excluding carboxylic acids is 1. The van der Waals surface area contributed by atoms with Gasteiger partial charge in [0.15, 0.2) is 23.0 Å². The van der Waals surface area contributed by atoms with Crippen LogP contribution in [0.2, 0.25) is 0 Å². The molecule has 1 N–H and O–H groups in total. The molecule has 1 amide bonds. The molecular weight excluding hydrogens is 346 g/mol. The Balaban J connectivity index is 1.46. The molecule has 1 saturated carbocycles. The Hall–Kier alpha value is -2.89. The molecule has 2 aromatic rings. The molecule has 2 aliphatic rings. The smallest absolute Gasteiger partial charge is 0.251 e. The molecule has 1 aliphatic heterocycles. The van der Waals surface area contributed by atoms with Crippen molar-refractivity contribution in [3.8, 4) is 23.0 Å². The minimum absolute atomic E-state index is 0.0257. The Labute approximate surface area is 158 Å². The second-order valence-electron chi connectivity index (χ2n) is 6.89. The molecule has 142 valence electrons. The van der Waals surface area contributed by atoms with Gasteiger partial charge in [0.1, 0.15) is 13.2 Å². The normalized spacial score (nSPS) is 16.4. The molecule has 4 rings (SSSR count).